The SMILES string of the molecule is COc1ccc([C@H]2CCCCN(C(=O)c3cccc(C(F)(F)F)c3)C2)cc1. The Bertz CT molecular complexity index is 787. The van der Waals surface area contributed by atoms with Gasteiger partial charge in [-0.2, -0.15) is 13.2 Å². The highest BCUT2D eigenvalue weighted by Gasteiger charge is 2.32. The van der Waals surface area contributed by atoms with Crippen molar-refractivity contribution < 1.29 is 22.7 Å². The fraction of sp³-hybridized carbons (Fsp3) is 0.381. The van der Waals surface area contributed by atoms with Crippen molar-refractivity contribution in [1.29, 1.82) is 0 Å². The van der Waals surface area contributed by atoms with Gasteiger partial charge in [0.2, 0.25) is 0 Å². The Morgan fingerprint density at radius 3 is 2.52 bits per heavy atom. The lowest BCUT2D eigenvalue weighted by molar-refractivity contribution is -0.137. The van der Waals surface area contributed by atoms with Crippen LogP contribution in [0.5, 0.6) is 5.75 Å². The molecule has 1 heterocycles. The van der Waals surface area contributed by atoms with Gasteiger partial charge < -0.3 is 9.64 Å². The predicted molar refractivity (Wildman–Crippen MR) is 96.9 cm³/mol. The molecule has 0 aromatic heterocycles. The monoisotopic (exact) mass is 377 g/mol. The summed E-state index contributed by atoms with van der Waals surface area (Å²) in [5, 5.41) is 0. The topological polar surface area (TPSA) is 29.5 Å². The maximum Gasteiger partial charge on any atom is 0.416 e. The summed E-state index contributed by atoms with van der Waals surface area (Å²) < 4.78 is 44.0. The zero-order valence-electron chi connectivity index (χ0n) is 15.1. The van der Waals surface area contributed by atoms with Gasteiger partial charge in [0.05, 0.1) is 12.7 Å². The molecule has 0 radical (unpaired) electrons. The standard InChI is InChI=1S/C21H22F3NO2/c1-27-19-10-8-15(9-11-19)17-5-2-3-12-25(14-17)20(26)16-6-4-7-18(13-16)21(22,23)24/h4,6-11,13,17H,2-3,5,12,14H2,1H3/t17-/m0/s1. The van der Waals surface area contributed by atoms with Gasteiger partial charge in [0.15, 0.2) is 0 Å². The van der Waals surface area contributed by atoms with Crippen LogP contribution < -0.4 is 4.74 Å². The molecule has 1 fully saturated rings. The second kappa shape index (κ2) is 8.03. The number of amides is 1. The number of halogens is 3. The maximum atomic E-state index is 12.9. The zero-order valence-corrected chi connectivity index (χ0v) is 15.1. The van der Waals surface area contributed by atoms with Crippen LogP contribution in [0.1, 0.15) is 46.7 Å². The second-order valence-electron chi connectivity index (χ2n) is 6.80. The van der Waals surface area contributed by atoms with E-state index in [0.717, 1.165) is 42.7 Å². The van der Waals surface area contributed by atoms with Gasteiger partial charge in [-0.1, -0.05) is 24.6 Å². The highest BCUT2D eigenvalue weighted by molar-refractivity contribution is 5.94. The van der Waals surface area contributed by atoms with E-state index in [1.165, 1.54) is 12.1 Å². The number of alkyl halides is 3. The van der Waals surface area contributed by atoms with Crippen LogP contribution >= 0.6 is 0 Å². The first kappa shape index (κ1) is 19.3. The summed E-state index contributed by atoms with van der Waals surface area (Å²) >= 11 is 0. The molecule has 1 amide bonds. The Hall–Kier alpha value is -2.50. The minimum absolute atomic E-state index is 0.0835. The molecule has 2 aromatic rings. The van der Waals surface area contributed by atoms with E-state index in [1.807, 2.05) is 24.3 Å². The van der Waals surface area contributed by atoms with Crippen LogP contribution in [0.15, 0.2) is 48.5 Å². The molecule has 144 valence electrons. The molecule has 1 atom stereocenters. The van der Waals surface area contributed by atoms with Gasteiger partial charge in [0.1, 0.15) is 5.75 Å². The summed E-state index contributed by atoms with van der Waals surface area (Å²) in [5.41, 5.74) is 0.398. The smallest absolute Gasteiger partial charge is 0.416 e. The van der Waals surface area contributed by atoms with Crippen molar-refractivity contribution >= 4 is 5.91 Å². The number of ether oxygens (including phenoxy) is 1. The Morgan fingerprint density at radius 1 is 1.11 bits per heavy atom. The number of rotatable bonds is 3. The summed E-state index contributed by atoms with van der Waals surface area (Å²) in [6.45, 7) is 1.06. The zero-order chi connectivity index (χ0) is 19.4. The van der Waals surface area contributed by atoms with E-state index in [-0.39, 0.29) is 17.4 Å². The number of methoxy groups -OCH3 is 1. The number of hydrogen-bond acceptors (Lipinski definition) is 2. The van der Waals surface area contributed by atoms with Crippen LogP contribution in [0, 0.1) is 0 Å². The van der Waals surface area contributed by atoms with Gasteiger partial charge >= 0.3 is 6.18 Å². The van der Waals surface area contributed by atoms with E-state index in [9.17, 15) is 18.0 Å². The molecule has 3 nitrogen and oxygen atoms in total. The molecule has 0 saturated carbocycles. The molecule has 0 N–H and O–H groups in total. The van der Waals surface area contributed by atoms with Gasteiger partial charge in [-0.15, -0.1) is 0 Å². The molecule has 0 bridgehead atoms. The van der Waals surface area contributed by atoms with Crippen molar-refractivity contribution in [2.24, 2.45) is 0 Å². The average molecular weight is 377 g/mol. The molecule has 0 unspecified atom stereocenters. The number of nitrogens with zero attached hydrogens (tertiary/aromatic N) is 1. The molecule has 2 aromatic carbocycles. The molecular weight excluding hydrogens is 355 g/mol. The number of likely N-dealkylation sites (tertiary alicyclic amines) is 1. The quantitative estimate of drug-likeness (QED) is 0.743. The van der Waals surface area contributed by atoms with Crippen molar-refractivity contribution in [1.82, 2.24) is 4.90 Å². The molecular formula is C21H22F3NO2. The lowest BCUT2D eigenvalue weighted by atomic mass is 9.94. The van der Waals surface area contributed by atoms with Crippen LogP contribution in [0.4, 0.5) is 13.2 Å². The first-order valence-electron chi connectivity index (χ1n) is 8.99. The molecule has 6 heteroatoms. The Balaban J connectivity index is 1.79. The summed E-state index contributed by atoms with van der Waals surface area (Å²) in [5.74, 6) is 0.582. The minimum atomic E-state index is -4.46. The van der Waals surface area contributed by atoms with Crippen molar-refractivity contribution in [2.75, 3.05) is 20.2 Å². The first-order valence-corrected chi connectivity index (χ1v) is 8.99. The number of benzene rings is 2. The van der Waals surface area contributed by atoms with E-state index >= 15 is 0 Å². The number of hydrogen-bond donors (Lipinski definition) is 0. The maximum absolute atomic E-state index is 12.9. The molecule has 3 rings (SSSR count). The first-order chi connectivity index (χ1) is 12.9. The van der Waals surface area contributed by atoms with Crippen LogP contribution in [0.25, 0.3) is 0 Å². The van der Waals surface area contributed by atoms with Gasteiger partial charge in [-0.05, 0) is 48.7 Å². The highest BCUT2D eigenvalue weighted by Crippen LogP contribution is 2.31. The molecule has 27 heavy (non-hydrogen) atoms. The number of carbonyl (C=O) groups is 1. The van der Waals surface area contributed by atoms with Crippen LogP contribution in [0.3, 0.4) is 0 Å². The largest absolute Gasteiger partial charge is 0.497 e. The molecule has 1 aliphatic heterocycles. The highest BCUT2D eigenvalue weighted by atomic mass is 19.4. The van der Waals surface area contributed by atoms with Crippen molar-refractivity contribution in [3.8, 4) is 5.75 Å². The summed E-state index contributed by atoms with van der Waals surface area (Å²) in [7, 11) is 1.61. The van der Waals surface area contributed by atoms with Crippen molar-refractivity contribution in [2.45, 2.75) is 31.4 Å². The molecule has 1 saturated heterocycles. The van der Waals surface area contributed by atoms with E-state index in [0.29, 0.717) is 13.1 Å². The second-order valence-corrected chi connectivity index (χ2v) is 6.80. The van der Waals surface area contributed by atoms with Gasteiger partial charge in [0, 0.05) is 24.6 Å². The van der Waals surface area contributed by atoms with Crippen LogP contribution in [0.2, 0.25) is 0 Å². The third kappa shape index (κ3) is 4.62. The molecule has 0 spiro atoms. The predicted octanol–water partition coefficient (Wildman–Crippen LogP) is 5.12. The van der Waals surface area contributed by atoms with Crippen LogP contribution in [-0.2, 0) is 6.18 Å². The summed E-state index contributed by atoms with van der Waals surface area (Å²) in [6, 6.07) is 12.4. The fourth-order valence-corrected chi connectivity index (χ4v) is 3.49. The summed E-state index contributed by atoms with van der Waals surface area (Å²) in [6.07, 6.45) is -1.69. The fourth-order valence-electron chi connectivity index (χ4n) is 3.49. The molecule has 0 aliphatic carbocycles. The van der Waals surface area contributed by atoms with Crippen molar-refractivity contribution in [3.63, 3.8) is 0 Å². The number of carbonyl (C=O) groups excluding carboxylic acids is 1. The minimum Gasteiger partial charge on any atom is -0.497 e. The summed E-state index contributed by atoms with van der Waals surface area (Å²) in [4.78, 5) is 14.5. The van der Waals surface area contributed by atoms with Crippen LogP contribution in [-0.4, -0.2) is 31.0 Å². The third-order valence-corrected chi connectivity index (χ3v) is 4.98. The normalized spacial score (nSPS) is 18.1. The van der Waals surface area contributed by atoms with Gasteiger partial charge in [-0.25, -0.2) is 0 Å². The van der Waals surface area contributed by atoms with Crippen molar-refractivity contribution in [3.05, 3.63) is 65.2 Å². The third-order valence-electron chi connectivity index (χ3n) is 4.98. The lowest BCUT2D eigenvalue weighted by Gasteiger charge is -2.25. The molecule has 1 aliphatic rings. The van der Waals surface area contributed by atoms with E-state index in [1.54, 1.807) is 12.0 Å². The lowest BCUT2D eigenvalue weighted by Crippen LogP contribution is -2.34. The van der Waals surface area contributed by atoms with Gasteiger partial charge in [-0.3, -0.25) is 4.79 Å². The Morgan fingerprint density at radius 2 is 1.85 bits per heavy atom. The van der Waals surface area contributed by atoms with E-state index in [2.05, 4.69) is 0 Å². The van der Waals surface area contributed by atoms with E-state index < -0.39 is 11.7 Å². The Labute approximate surface area is 156 Å². The average Bonchev–Trinajstić information content (AvgIpc) is 2.93. The van der Waals surface area contributed by atoms with E-state index in [4.69, 9.17) is 4.74 Å². The van der Waals surface area contributed by atoms with Gasteiger partial charge in [0.25, 0.3) is 5.91 Å². The Kier molecular flexibility index (Phi) is 5.73.